The minimum Gasteiger partial charge on any atom is -0.497 e. The zero-order valence-corrected chi connectivity index (χ0v) is 30.8. The smallest absolute Gasteiger partial charge is 0.273 e. The van der Waals surface area contributed by atoms with Crippen LogP contribution in [0.15, 0.2) is 71.8 Å². The van der Waals surface area contributed by atoms with Crippen LogP contribution in [0, 0.1) is 0 Å². The van der Waals surface area contributed by atoms with Crippen LogP contribution in [-0.4, -0.2) is 105 Å². The topological polar surface area (TPSA) is 92.8 Å². The number of carbonyl (C=O) groups excluding carboxylic acids is 2. The molecule has 270 valence electrons. The van der Waals surface area contributed by atoms with E-state index in [-0.39, 0.29) is 5.91 Å². The number of hydrogen-bond donors (Lipinski definition) is 2. The van der Waals surface area contributed by atoms with Crippen molar-refractivity contribution < 1.29 is 14.3 Å². The van der Waals surface area contributed by atoms with Gasteiger partial charge in [0.1, 0.15) is 5.75 Å². The van der Waals surface area contributed by atoms with E-state index in [0.717, 1.165) is 107 Å². The molecule has 0 radical (unpaired) electrons. The van der Waals surface area contributed by atoms with E-state index in [9.17, 15) is 9.59 Å². The minimum atomic E-state index is -0.394. The molecule has 0 saturated carbocycles. The lowest BCUT2D eigenvalue weighted by Crippen LogP contribution is -2.39. The van der Waals surface area contributed by atoms with Crippen LogP contribution in [0.1, 0.15) is 78.8 Å². The first-order valence-corrected chi connectivity index (χ1v) is 18.3. The van der Waals surface area contributed by atoms with Crippen LogP contribution in [-0.2, 0) is 6.54 Å². The molecule has 0 atom stereocenters. The largest absolute Gasteiger partial charge is 0.497 e. The molecule has 0 unspecified atom stereocenters. The maximum Gasteiger partial charge on any atom is 0.273 e. The van der Waals surface area contributed by atoms with Crippen LogP contribution >= 0.6 is 0 Å². The van der Waals surface area contributed by atoms with Crippen molar-refractivity contribution in [2.45, 2.75) is 53.5 Å². The molecule has 0 aliphatic carbocycles. The Morgan fingerprint density at radius 1 is 0.780 bits per heavy atom. The number of likely N-dealkylation sites (N-methyl/N-ethyl adjacent to an activating group) is 2. The van der Waals surface area contributed by atoms with E-state index >= 15 is 0 Å². The molecule has 2 N–H and O–H groups in total. The van der Waals surface area contributed by atoms with Gasteiger partial charge in [0.2, 0.25) is 0 Å². The summed E-state index contributed by atoms with van der Waals surface area (Å²) in [4.78, 5) is 37.0. The molecule has 1 fully saturated rings. The van der Waals surface area contributed by atoms with Gasteiger partial charge in [-0.2, -0.15) is 5.10 Å². The van der Waals surface area contributed by atoms with Crippen molar-refractivity contribution in [2.24, 2.45) is 5.10 Å². The molecule has 1 saturated heterocycles. The van der Waals surface area contributed by atoms with E-state index in [1.165, 1.54) is 6.42 Å². The fourth-order valence-corrected chi connectivity index (χ4v) is 6.27. The summed E-state index contributed by atoms with van der Waals surface area (Å²) in [6.07, 6.45) is 5.03. The number of anilines is 2. The average molecular weight is 684 g/mol. The van der Waals surface area contributed by atoms with Gasteiger partial charge in [-0.1, -0.05) is 39.8 Å². The third-order valence-electron chi connectivity index (χ3n) is 9.56. The summed E-state index contributed by atoms with van der Waals surface area (Å²) < 4.78 is 5.22. The summed E-state index contributed by atoms with van der Waals surface area (Å²) in [6, 6.07) is 20.9. The monoisotopic (exact) mass is 683 g/mol. The van der Waals surface area contributed by atoms with E-state index in [2.05, 4.69) is 69.2 Å². The van der Waals surface area contributed by atoms with Crippen LogP contribution in [0.2, 0.25) is 0 Å². The molecule has 0 bridgehead atoms. The first kappa shape index (κ1) is 38.6. The Morgan fingerprint density at radius 2 is 1.42 bits per heavy atom. The first-order valence-electron chi connectivity index (χ1n) is 18.3. The summed E-state index contributed by atoms with van der Waals surface area (Å²) in [7, 11) is 1.62. The molecule has 2 amide bonds. The summed E-state index contributed by atoms with van der Waals surface area (Å²) in [5, 5.41) is 7.24. The third kappa shape index (κ3) is 11.7. The molecular formula is C40H57N7O3. The van der Waals surface area contributed by atoms with E-state index in [0.29, 0.717) is 16.8 Å². The number of hydrazone groups is 1. The van der Waals surface area contributed by atoms with E-state index in [1.54, 1.807) is 13.3 Å². The van der Waals surface area contributed by atoms with Gasteiger partial charge >= 0.3 is 0 Å². The van der Waals surface area contributed by atoms with Crippen LogP contribution in [0.25, 0.3) is 0 Å². The number of nitrogens with zero attached hydrogens (tertiary/aromatic N) is 5. The van der Waals surface area contributed by atoms with Gasteiger partial charge in [0.15, 0.2) is 0 Å². The number of benzene rings is 3. The lowest BCUT2D eigenvalue weighted by molar-refractivity contribution is 0.0956. The maximum atomic E-state index is 13.7. The maximum absolute atomic E-state index is 13.7. The van der Waals surface area contributed by atoms with Gasteiger partial charge in [-0.25, -0.2) is 5.43 Å². The molecule has 10 heteroatoms. The normalized spacial score (nSPS) is 13.4. The number of hydrogen-bond acceptors (Lipinski definition) is 8. The molecule has 50 heavy (non-hydrogen) atoms. The van der Waals surface area contributed by atoms with Gasteiger partial charge in [-0.05, 0) is 111 Å². The van der Waals surface area contributed by atoms with Gasteiger partial charge in [-0.15, -0.1) is 0 Å². The van der Waals surface area contributed by atoms with Gasteiger partial charge in [0.25, 0.3) is 11.8 Å². The summed E-state index contributed by atoms with van der Waals surface area (Å²) >= 11 is 0. The number of rotatable bonds is 19. The standard InChI is InChI=1S/C40H57N7O3/c1-6-44(7-2)24-26-46(27-25-45(8-3)9-4)31-33-14-13-15-34(28-33)39(48)42-38-21-18-35(47-22-11-10-12-23-47)29-37(38)40(49)43-41-30-32-16-19-36(50-5)20-17-32/h13-21,28-30H,6-12,22-27,31H2,1-5H3,(H,42,48)(H,43,49). The zero-order chi connectivity index (χ0) is 35.7. The summed E-state index contributed by atoms with van der Waals surface area (Å²) in [5.41, 5.74) is 6.89. The predicted octanol–water partition coefficient (Wildman–Crippen LogP) is 6.19. The quantitative estimate of drug-likeness (QED) is 0.115. The molecular weight excluding hydrogens is 626 g/mol. The first-order chi connectivity index (χ1) is 24.4. The number of piperidine rings is 1. The predicted molar refractivity (Wildman–Crippen MR) is 206 cm³/mol. The minimum absolute atomic E-state index is 0.258. The van der Waals surface area contributed by atoms with Crippen molar-refractivity contribution in [3.63, 3.8) is 0 Å². The molecule has 0 aromatic heterocycles. The molecule has 3 aromatic rings. The van der Waals surface area contributed by atoms with Gasteiger partial charge in [-0.3, -0.25) is 14.5 Å². The number of ether oxygens (including phenoxy) is 1. The second kappa shape index (κ2) is 20.4. The summed E-state index contributed by atoms with van der Waals surface area (Å²) in [5.74, 6) is 0.0930. The lowest BCUT2D eigenvalue weighted by Gasteiger charge is -2.29. The third-order valence-corrected chi connectivity index (χ3v) is 9.56. The zero-order valence-electron chi connectivity index (χ0n) is 30.8. The number of methoxy groups -OCH3 is 1. The van der Waals surface area contributed by atoms with E-state index < -0.39 is 5.91 Å². The highest BCUT2D eigenvalue weighted by atomic mass is 16.5. The van der Waals surface area contributed by atoms with Crippen LogP contribution in [0.4, 0.5) is 11.4 Å². The Kier molecular flexibility index (Phi) is 15.8. The Labute approximate surface area is 299 Å². The second-order valence-electron chi connectivity index (χ2n) is 12.7. The van der Waals surface area contributed by atoms with Gasteiger partial charge < -0.3 is 24.8 Å². The Morgan fingerprint density at radius 3 is 2.04 bits per heavy atom. The Balaban J connectivity index is 1.51. The van der Waals surface area contributed by atoms with Crippen LogP contribution in [0.5, 0.6) is 5.75 Å². The van der Waals surface area contributed by atoms with Crippen molar-refractivity contribution >= 4 is 29.4 Å². The fourth-order valence-electron chi connectivity index (χ4n) is 6.27. The molecule has 0 spiro atoms. The molecule has 3 aromatic carbocycles. The highest BCUT2D eigenvalue weighted by Gasteiger charge is 2.19. The van der Waals surface area contributed by atoms with Crippen molar-refractivity contribution in [3.05, 3.63) is 89.0 Å². The summed E-state index contributed by atoms with van der Waals surface area (Å²) in [6.45, 7) is 19.5. The molecule has 1 aliphatic rings. The van der Waals surface area contributed by atoms with Crippen LogP contribution < -0.4 is 20.4 Å². The average Bonchev–Trinajstić information content (AvgIpc) is 3.16. The van der Waals surface area contributed by atoms with Crippen molar-refractivity contribution in [3.8, 4) is 5.75 Å². The highest BCUT2D eigenvalue weighted by Crippen LogP contribution is 2.27. The number of nitrogens with one attached hydrogen (secondary N) is 2. The lowest BCUT2D eigenvalue weighted by atomic mass is 10.1. The molecule has 4 rings (SSSR count). The van der Waals surface area contributed by atoms with Gasteiger partial charge in [0.05, 0.1) is 24.6 Å². The molecule has 10 nitrogen and oxygen atoms in total. The van der Waals surface area contributed by atoms with Crippen LogP contribution in [0.3, 0.4) is 0 Å². The van der Waals surface area contributed by atoms with Crippen molar-refractivity contribution in [2.75, 3.05) is 82.8 Å². The number of amides is 2. The number of carbonyl (C=O) groups is 2. The Bertz CT molecular complexity index is 1500. The van der Waals surface area contributed by atoms with E-state index in [1.807, 2.05) is 60.7 Å². The fraction of sp³-hybridized carbons (Fsp3) is 0.475. The Hall–Kier alpha value is -4.25. The molecule has 1 aliphatic heterocycles. The SMILES string of the molecule is CCN(CC)CCN(CCN(CC)CC)Cc1cccc(C(=O)Nc2ccc(N3CCCCC3)cc2C(=O)NN=Cc2ccc(OC)cc2)c1. The van der Waals surface area contributed by atoms with Crippen molar-refractivity contribution in [1.82, 2.24) is 20.1 Å². The second-order valence-corrected chi connectivity index (χ2v) is 12.7. The van der Waals surface area contributed by atoms with E-state index in [4.69, 9.17) is 4.74 Å². The van der Waals surface area contributed by atoms with Crippen molar-refractivity contribution in [1.29, 1.82) is 0 Å². The van der Waals surface area contributed by atoms with Gasteiger partial charge in [0, 0.05) is 57.1 Å². The molecule has 1 heterocycles. The highest BCUT2D eigenvalue weighted by molar-refractivity contribution is 6.09.